The van der Waals surface area contributed by atoms with Gasteiger partial charge in [0.1, 0.15) is 42.3 Å². The zero-order valence-corrected chi connectivity index (χ0v) is 38.3. The minimum Gasteiger partial charge on any atom is -0.481 e. The minimum atomic E-state index is -1.69. The lowest BCUT2D eigenvalue weighted by molar-refractivity contribution is -0.142. The number of carboxylic acids is 2. The Morgan fingerprint density at radius 3 is 1.68 bits per heavy atom. The second kappa shape index (κ2) is 30.1. The molecule has 0 saturated heterocycles. The maximum Gasteiger partial charge on any atom is 0.325 e. The first-order valence-corrected chi connectivity index (χ1v) is 21.1. The number of allylic oxidation sites excluding steroid dienone is 1. The van der Waals surface area contributed by atoms with Crippen molar-refractivity contribution in [2.75, 3.05) is 19.6 Å². The molecule has 0 aliphatic rings. The number of hydrogen-bond acceptors (Lipinski definition) is 12. The van der Waals surface area contributed by atoms with Crippen LogP contribution in [-0.4, -0.2) is 148 Å². The first kappa shape index (κ1) is 58.9. The molecule has 15 N–H and O–H groups in total. The molecule has 7 atom stereocenters. The predicted molar refractivity (Wildman–Crippen MR) is 239 cm³/mol. The zero-order valence-electron chi connectivity index (χ0n) is 38.3. The molecule has 0 unspecified atom stereocenters. The lowest BCUT2D eigenvalue weighted by atomic mass is 9.99. The van der Waals surface area contributed by atoms with Gasteiger partial charge in [-0.25, -0.2) is 0 Å². The Morgan fingerprint density at radius 2 is 1.17 bits per heavy atom. The third-order valence-electron chi connectivity index (χ3n) is 9.28. The van der Waals surface area contributed by atoms with Gasteiger partial charge >= 0.3 is 11.9 Å². The quantitative estimate of drug-likeness (QED) is 0.0135. The molecule has 0 bridgehead atoms. The monoisotopic (exact) mass is 937 g/mol. The fourth-order valence-corrected chi connectivity index (χ4v) is 5.92. The van der Waals surface area contributed by atoms with Crippen LogP contribution in [0.1, 0.15) is 86.5 Å². The van der Waals surface area contributed by atoms with Gasteiger partial charge < -0.3 is 69.5 Å². The molecule has 0 aromatic rings. The van der Waals surface area contributed by atoms with Gasteiger partial charge in [0.05, 0.1) is 19.4 Å². The van der Waals surface area contributed by atoms with Crippen LogP contribution in [0.5, 0.6) is 0 Å². The summed E-state index contributed by atoms with van der Waals surface area (Å²) in [5.74, 6) is -11.9. The number of carboxylic acid groups (broad SMARTS) is 2. The summed E-state index contributed by atoms with van der Waals surface area (Å²) in [6, 6.07) is -9.87. The van der Waals surface area contributed by atoms with Crippen LogP contribution in [0, 0.1) is 11.8 Å². The normalized spacial score (nSPS) is 13.9. The summed E-state index contributed by atoms with van der Waals surface area (Å²) in [7, 11) is 0. The highest BCUT2D eigenvalue weighted by atomic mass is 16.4. The molecule has 0 rings (SSSR count). The molecule has 66 heavy (non-hydrogen) atoms. The molecular formula is C41H68N12O13. The molecular weight excluding hydrogens is 869 g/mol. The fourth-order valence-electron chi connectivity index (χ4n) is 5.92. The largest absolute Gasteiger partial charge is 0.481 e. The highest BCUT2D eigenvalue weighted by Crippen LogP contribution is 2.11. The first-order chi connectivity index (χ1) is 30.7. The summed E-state index contributed by atoms with van der Waals surface area (Å²) in [5, 5.41) is 35.4. The summed E-state index contributed by atoms with van der Waals surface area (Å²) in [6.07, 6.45) is 1.48. The highest BCUT2D eigenvalue weighted by Gasteiger charge is 2.35. The molecule has 25 nitrogen and oxygen atoms in total. The molecule has 0 aromatic heterocycles. The summed E-state index contributed by atoms with van der Waals surface area (Å²) < 4.78 is 0. The summed E-state index contributed by atoms with van der Waals surface area (Å²) in [4.78, 5) is 146. The molecule has 25 heteroatoms. The van der Waals surface area contributed by atoms with Crippen molar-refractivity contribution >= 4 is 71.1 Å². The van der Waals surface area contributed by atoms with Crippen LogP contribution >= 0.6 is 0 Å². The number of primary amides is 1. The third-order valence-corrected chi connectivity index (χ3v) is 9.28. The van der Waals surface area contributed by atoms with E-state index in [4.69, 9.17) is 17.2 Å². The molecule has 0 saturated carbocycles. The number of carbonyl (C=O) groups excluding carboxylic acids is 9. The molecule has 0 aliphatic carbocycles. The Balaban J connectivity index is 6.25. The molecule has 370 valence electrons. The van der Waals surface area contributed by atoms with E-state index in [1.165, 1.54) is 26.0 Å². The van der Waals surface area contributed by atoms with Crippen LogP contribution in [0.15, 0.2) is 30.3 Å². The van der Waals surface area contributed by atoms with E-state index >= 15 is 0 Å². The van der Waals surface area contributed by atoms with Crippen LogP contribution in [0.25, 0.3) is 0 Å². The highest BCUT2D eigenvalue weighted by molar-refractivity contribution is 5.98. The van der Waals surface area contributed by atoms with Crippen LogP contribution in [0.2, 0.25) is 0 Å². The molecule has 0 radical (unpaired) electrons. The summed E-state index contributed by atoms with van der Waals surface area (Å²) >= 11 is 0. The Hall–Kier alpha value is -7.08. The van der Waals surface area contributed by atoms with E-state index in [9.17, 15) is 63.0 Å². The fraction of sp³-hybridized carbons (Fsp3) is 0.610. The SMILES string of the molecule is C=CCCC(=O)N[C@@H](CC(=O)O)C(=O)N[C@@H](C)C(=O)N(CC=C)CC(=O)N[C@@H](CC(N)=O)C(=O)N[C@@H](CC(C)C)C(=O)N[C@H](C(=O)N[C@@H](CCCN=C(N)N)C(=O)N[C@@H](C)C(=O)O)C(C)C. The van der Waals surface area contributed by atoms with Gasteiger partial charge in [-0.05, 0) is 51.4 Å². The van der Waals surface area contributed by atoms with E-state index in [1.54, 1.807) is 27.7 Å². The van der Waals surface area contributed by atoms with Gasteiger partial charge in [0, 0.05) is 19.5 Å². The van der Waals surface area contributed by atoms with Crippen molar-refractivity contribution in [2.45, 2.75) is 129 Å². The van der Waals surface area contributed by atoms with Crippen LogP contribution in [-0.2, 0) is 52.7 Å². The molecule has 0 fully saturated rings. The predicted octanol–water partition coefficient (Wildman–Crippen LogP) is -3.41. The minimum absolute atomic E-state index is 0.0127. The van der Waals surface area contributed by atoms with Gasteiger partial charge in [-0.3, -0.25) is 57.7 Å². The van der Waals surface area contributed by atoms with Crippen LogP contribution < -0.4 is 54.4 Å². The van der Waals surface area contributed by atoms with Gasteiger partial charge in [0.25, 0.3) is 0 Å². The second-order valence-corrected chi connectivity index (χ2v) is 16.1. The lowest BCUT2D eigenvalue weighted by Crippen LogP contribution is -2.60. The number of aliphatic carboxylic acids is 2. The van der Waals surface area contributed by atoms with Crippen LogP contribution in [0.3, 0.4) is 0 Å². The number of nitrogens with one attached hydrogen (secondary N) is 7. The average Bonchev–Trinajstić information content (AvgIpc) is 3.20. The number of nitrogens with zero attached hydrogens (tertiary/aromatic N) is 2. The van der Waals surface area contributed by atoms with Crippen molar-refractivity contribution in [2.24, 2.45) is 34.0 Å². The van der Waals surface area contributed by atoms with E-state index in [1.807, 2.05) is 0 Å². The summed E-state index contributed by atoms with van der Waals surface area (Å²) in [6.45, 7) is 15.2. The van der Waals surface area contributed by atoms with Crippen molar-refractivity contribution in [3.63, 3.8) is 0 Å². The Morgan fingerprint density at radius 1 is 0.636 bits per heavy atom. The Kier molecular flexibility index (Phi) is 26.9. The van der Waals surface area contributed by atoms with Crippen molar-refractivity contribution in [3.8, 4) is 0 Å². The Bertz CT molecular complexity index is 1800. The second-order valence-electron chi connectivity index (χ2n) is 16.1. The van der Waals surface area contributed by atoms with Gasteiger partial charge in [0.2, 0.25) is 53.2 Å². The molecule has 0 heterocycles. The number of aliphatic imine (C=N–C) groups is 1. The molecule has 9 amide bonds. The molecule has 0 spiro atoms. The molecule has 0 aromatic carbocycles. The van der Waals surface area contributed by atoms with E-state index in [0.29, 0.717) is 0 Å². The average molecular weight is 937 g/mol. The van der Waals surface area contributed by atoms with Gasteiger partial charge in [-0.1, -0.05) is 39.8 Å². The number of carbonyl (C=O) groups is 11. The van der Waals surface area contributed by atoms with E-state index in [-0.39, 0.29) is 57.1 Å². The maximum absolute atomic E-state index is 13.8. The first-order valence-electron chi connectivity index (χ1n) is 21.1. The van der Waals surface area contributed by atoms with Crippen molar-refractivity contribution < 1.29 is 63.0 Å². The number of rotatable bonds is 32. The van der Waals surface area contributed by atoms with Crippen LogP contribution in [0.4, 0.5) is 0 Å². The smallest absolute Gasteiger partial charge is 0.325 e. The number of nitrogens with two attached hydrogens (primary N) is 3. The van der Waals surface area contributed by atoms with Gasteiger partial charge in [-0.2, -0.15) is 0 Å². The number of amides is 9. The number of guanidine groups is 1. The summed E-state index contributed by atoms with van der Waals surface area (Å²) in [5.41, 5.74) is 16.1. The number of hydrogen-bond donors (Lipinski definition) is 12. The molecule has 0 aliphatic heterocycles. The van der Waals surface area contributed by atoms with Gasteiger partial charge in [0.15, 0.2) is 5.96 Å². The zero-order chi connectivity index (χ0) is 50.8. The standard InChI is InChI=1S/C41H68N12O13/c1-9-11-14-30(55)48-28(19-32(57)58)35(60)46-23(7)39(64)53(16-10-2)20-31(56)49-27(18-29(42)54)36(61)51-26(17-21(3)4)37(62)52-33(22(5)6)38(63)50-25(13-12-15-45-41(43)44)34(59)47-24(8)40(65)66/h9-10,21-28,33H,1-2,11-20H2,3-8H3,(H2,42,54)(H,46,60)(H,47,59)(H,48,55)(H,49,56)(H,50,63)(H,51,61)(H,52,62)(H,57,58)(H,65,66)(H4,43,44,45)/t23-,24-,25-,26-,27-,28-,33-/m0/s1. The maximum atomic E-state index is 13.8. The van der Waals surface area contributed by atoms with Gasteiger partial charge in [-0.15, -0.1) is 13.2 Å². The lowest BCUT2D eigenvalue weighted by Gasteiger charge is -2.29. The third kappa shape index (κ3) is 23.6. The Labute approximate surface area is 383 Å². The topological polar surface area (TPSA) is 406 Å². The van der Waals surface area contributed by atoms with Crippen molar-refractivity contribution in [1.29, 1.82) is 0 Å². The van der Waals surface area contributed by atoms with E-state index < -0.39 is 133 Å². The van der Waals surface area contributed by atoms with E-state index in [0.717, 1.165) is 4.90 Å². The van der Waals surface area contributed by atoms with E-state index in [2.05, 4.69) is 55.4 Å². The van der Waals surface area contributed by atoms with Crippen molar-refractivity contribution in [3.05, 3.63) is 25.3 Å². The van der Waals surface area contributed by atoms with Crippen molar-refractivity contribution in [1.82, 2.24) is 42.1 Å².